The molecule has 0 unspecified atom stereocenters. The molecular formula is C11H20IN3O. The molecule has 0 atom stereocenters. The maximum atomic E-state index is 5.23. The highest BCUT2D eigenvalue weighted by molar-refractivity contribution is 14.0. The zero-order chi connectivity index (χ0) is 11.1. The average Bonchev–Trinajstić information content (AvgIpc) is 2.68. The maximum absolute atomic E-state index is 5.23. The summed E-state index contributed by atoms with van der Waals surface area (Å²) in [5.41, 5.74) is 0. The first-order valence-electron chi connectivity index (χ1n) is 5.22. The summed E-state index contributed by atoms with van der Waals surface area (Å²) in [5, 5.41) is 6.44. The summed E-state index contributed by atoms with van der Waals surface area (Å²) < 4.78 is 5.23. The summed E-state index contributed by atoms with van der Waals surface area (Å²) in [5.74, 6) is 1.82. The van der Waals surface area contributed by atoms with Crippen LogP contribution >= 0.6 is 24.0 Å². The summed E-state index contributed by atoms with van der Waals surface area (Å²) in [6, 6.07) is 4.26. The first kappa shape index (κ1) is 15.3. The van der Waals surface area contributed by atoms with Crippen LogP contribution in [0.1, 0.15) is 19.6 Å². The van der Waals surface area contributed by atoms with Gasteiger partial charge in [-0.2, -0.15) is 0 Å². The monoisotopic (exact) mass is 337 g/mol. The second kappa shape index (κ2) is 8.43. The third-order valence-corrected chi connectivity index (χ3v) is 1.89. The molecule has 1 rings (SSSR count). The molecule has 0 bridgehead atoms. The maximum Gasteiger partial charge on any atom is 0.191 e. The van der Waals surface area contributed by atoms with Crippen molar-refractivity contribution < 1.29 is 4.42 Å². The van der Waals surface area contributed by atoms with Crippen molar-refractivity contribution in [2.45, 2.75) is 26.3 Å². The topological polar surface area (TPSA) is 49.6 Å². The van der Waals surface area contributed by atoms with Crippen molar-refractivity contribution in [3.05, 3.63) is 24.2 Å². The largest absolute Gasteiger partial charge is 0.469 e. The van der Waals surface area contributed by atoms with Gasteiger partial charge in [-0.1, -0.05) is 0 Å². The molecule has 0 aliphatic carbocycles. The number of hydrogen-bond donors (Lipinski definition) is 2. The lowest BCUT2D eigenvalue weighted by atomic mass is 10.3. The average molecular weight is 337 g/mol. The van der Waals surface area contributed by atoms with Gasteiger partial charge < -0.3 is 15.1 Å². The Labute approximate surface area is 114 Å². The van der Waals surface area contributed by atoms with E-state index in [0.29, 0.717) is 6.04 Å². The number of halogens is 1. The number of aliphatic imine (C=N–C) groups is 1. The molecule has 4 nitrogen and oxygen atoms in total. The molecule has 1 aromatic heterocycles. The quantitative estimate of drug-likeness (QED) is 0.502. The van der Waals surface area contributed by atoms with Crippen molar-refractivity contribution in [1.82, 2.24) is 10.6 Å². The van der Waals surface area contributed by atoms with Gasteiger partial charge in [0.1, 0.15) is 5.76 Å². The van der Waals surface area contributed by atoms with Gasteiger partial charge in [-0.05, 0) is 26.0 Å². The minimum atomic E-state index is 0. The van der Waals surface area contributed by atoms with Crippen LogP contribution in [0.4, 0.5) is 0 Å². The third-order valence-electron chi connectivity index (χ3n) is 1.89. The highest BCUT2D eigenvalue weighted by Crippen LogP contribution is 1.99. The molecular weight excluding hydrogens is 317 g/mol. The van der Waals surface area contributed by atoms with Crippen molar-refractivity contribution in [1.29, 1.82) is 0 Å². The van der Waals surface area contributed by atoms with E-state index in [1.165, 1.54) is 0 Å². The lowest BCUT2D eigenvalue weighted by Crippen LogP contribution is -2.41. The SMILES string of the molecule is CN=C(NCCc1ccco1)NC(C)C.I. The minimum absolute atomic E-state index is 0. The molecule has 92 valence electrons. The molecule has 1 aromatic rings. The number of nitrogens with zero attached hydrogens (tertiary/aromatic N) is 1. The van der Waals surface area contributed by atoms with Gasteiger partial charge >= 0.3 is 0 Å². The summed E-state index contributed by atoms with van der Waals surface area (Å²) in [7, 11) is 1.77. The Morgan fingerprint density at radius 1 is 1.50 bits per heavy atom. The zero-order valence-corrected chi connectivity index (χ0v) is 12.3. The van der Waals surface area contributed by atoms with E-state index in [9.17, 15) is 0 Å². The number of guanidine groups is 1. The Kier molecular flexibility index (Phi) is 8.05. The van der Waals surface area contributed by atoms with E-state index >= 15 is 0 Å². The van der Waals surface area contributed by atoms with E-state index in [1.54, 1.807) is 13.3 Å². The van der Waals surface area contributed by atoms with Crippen LogP contribution in [0, 0.1) is 0 Å². The molecule has 16 heavy (non-hydrogen) atoms. The molecule has 5 heteroatoms. The van der Waals surface area contributed by atoms with E-state index in [0.717, 1.165) is 24.7 Å². The van der Waals surface area contributed by atoms with Crippen molar-refractivity contribution in [2.24, 2.45) is 4.99 Å². The van der Waals surface area contributed by atoms with Crippen molar-refractivity contribution in [2.75, 3.05) is 13.6 Å². The molecule has 0 aliphatic rings. The van der Waals surface area contributed by atoms with E-state index in [-0.39, 0.29) is 24.0 Å². The molecule has 1 heterocycles. The molecule has 0 amide bonds. The number of hydrogen-bond acceptors (Lipinski definition) is 2. The Morgan fingerprint density at radius 2 is 2.25 bits per heavy atom. The molecule has 0 spiro atoms. The van der Waals surface area contributed by atoms with Gasteiger partial charge in [-0.3, -0.25) is 4.99 Å². The summed E-state index contributed by atoms with van der Waals surface area (Å²) in [6.07, 6.45) is 2.56. The van der Waals surface area contributed by atoms with E-state index in [4.69, 9.17) is 4.42 Å². The minimum Gasteiger partial charge on any atom is -0.469 e. The molecule has 0 saturated carbocycles. The van der Waals surface area contributed by atoms with Gasteiger partial charge in [-0.25, -0.2) is 0 Å². The van der Waals surface area contributed by atoms with Gasteiger partial charge in [0.2, 0.25) is 0 Å². The second-order valence-electron chi connectivity index (χ2n) is 3.63. The van der Waals surface area contributed by atoms with Gasteiger partial charge in [0.25, 0.3) is 0 Å². The fraction of sp³-hybridized carbons (Fsp3) is 0.545. The molecule has 0 aromatic carbocycles. The Morgan fingerprint density at radius 3 is 2.75 bits per heavy atom. The van der Waals surface area contributed by atoms with Crippen LogP contribution in [0.5, 0.6) is 0 Å². The van der Waals surface area contributed by atoms with Crippen LogP contribution < -0.4 is 10.6 Å². The lowest BCUT2D eigenvalue weighted by molar-refractivity contribution is 0.506. The normalized spacial score (nSPS) is 11.1. The van der Waals surface area contributed by atoms with Crippen LogP contribution in [0.25, 0.3) is 0 Å². The standard InChI is InChI=1S/C11H19N3O.HI/c1-9(2)14-11(12-3)13-7-6-10-5-4-8-15-10;/h4-5,8-9H,6-7H2,1-3H3,(H2,12,13,14);1H. The van der Waals surface area contributed by atoms with Gasteiger partial charge in [-0.15, -0.1) is 24.0 Å². The lowest BCUT2D eigenvalue weighted by Gasteiger charge is -2.13. The second-order valence-corrected chi connectivity index (χ2v) is 3.63. The smallest absolute Gasteiger partial charge is 0.191 e. The zero-order valence-electron chi connectivity index (χ0n) is 9.99. The van der Waals surface area contributed by atoms with Crippen molar-refractivity contribution in [3.8, 4) is 0 Å². The van der Waals surface area contributed by atoms with Crippen molar-refractivity contribution in [3.63, 3.8) is 0 Å². The first-order valence-corrected chi connectivity index (χ1v) is 5.22. The highest BCUT2D eigenvalue weighted by Gasteiger charge is 2.00. The van der Waals surface area contributed by atoms with Gasteiger partial charge in [0, 0.05) is 26.1 Å². The Hall–Kier alpha value is -0.720. The summed E-state index contributed by atoms with van der Waals surface area (Å²) >= 11 is 0. The highest BCUT2D eigenvalue weighted by atomic mass is 127. The van der Waals surface area contributed by atoms with Crippen molar-refractivity contribution >= 4 is 29.9 Å². The number of nitrogens with one attached hydrogen (secondary N) is 2. The molecule has 0 aliphatic heterocycles. The predicted molar refractivity (Wildman–Crippen MR) is 77.5 cm³/mol. The fourth-order valence-electron chi connectivity index (χ4n) is 1.23. The summed E-state index contributed by atoms with van der Waals surface area (Å²) in [6.45, 7) is 4.98. The predicted octanol–water partition coefficient (Wildman–Crippen LogP) is 2.01. The fourth-order valence-corrected chi connectivity index (χ4v) is 1.23. The number of furan rings is 1. The molecule has 0 saturated heterocycles. The first-order chi connectivity index (χ1) is 7.22. The van der Waals surface area contributed by atoms with Crippen LogP contribution in [-0.4, -0.2) is 25.6 Å². The van der Waals surface area contributed by atoms with Crippen LogP contribution in [0.2, 0.25) is 0 Å². The Bertz CT molecular complexity index is 296. The van der Waals surface area contributed by atoms with E-state index < -0.39 is 0 Å². The van der Waals surface area contributed by atoms with Crippen LogP contribution in [0.15, 0.2) is 27.8 Å². The molecule has 0 radical (unpaired) electrons. The number of rotatable bonds is 4. The Balaban J connectivity index is 0.00000225. The van der Waals surface area contributed by atoms with Gasteiger partial charge in [0.05, 0.1) is 6.26 Å². The van der Waals surface area contributed by atoms with Gasteiger partial charge in [0.15, 0.2) is 5.96 Å². The van der Waals surface area contributed by atoms with E-state index in [1.807, 2.05) is 12.1 Å². The summed E-state index contributed by atoms with van der Waals surface area (Å²) in [4.78, 5) is 4.11. The molecule has 2 N–H and O–H groups in total. The van der Waals surface area contributed by atoms with E-state index in [2.05, 4.69) is 29.5 Å². The third kappa shape index (κ3) is 5.99. The van der Waals surface area contributed by atoms with Crippen LogP contribution in [0.3, 0.4) is 0 Å². The van der Waals surface area contributed by atoms with Crippen LogP contribution in [-0.2, 0) is 6.42 Å². The molecule has 0 fully saturated rings.